The minimum atomic E-state index is 0.259. The summed E-state index contributed by atoms with van der Waals surface area (Å²) in [4.78, 5) is 3.94. The van der Waals surface area contributed by atoms with Crippen LogP contribution in [0.1, 0.15) is 5.56 Å². The van der Waals surface area contributed by atoms with Gasteiger partial charge in [0.2, 0.25) is 0 Å². The van der Waals surface area contributed by atoms with Gasteiger partial charge in [0.1, 0.15) is 24.1 Å². The van der Waals surface area contributed by atoms with E-state index in [4.69, 9.17) is 11.6 Å². The molecule has 0 amide bonds. The smallest absolute Gasteiger partial charge is 0.138 e. The number of aromatic hydroxyl groups is 1. The third kappa shape index (κ3) is 2.83. The summed E-state index contributed by atoms with van der Waals surface area (Å²) in [6.07, 6.45) is 3.04. The van der Waals surface area contributed by atoms with Crippen molar-refractivity contribution in [3.05, 3.63) is 65.7 Å². The third-order valence-corrected chi connectivity index (χ3v) is 3.40. The van der Waals surface area contributed by atoms with Gasteiger partial charge < -0.3 is 10.4 Å². The van der Waals surface area contributed by atoms with Crippen LogP contribution in [-0.4, -0.2) is 19.9 Å². The first-order valence-corrected chi connectivity index (χ1v) is 6.78. The second-order valence-corrected chi connectivity index (χ2v) is 4.87. The van der Waals surface area contributed by atoms with Crippen LogP contribution in [0.25, 0.3) is 5.69 Å². The highest BCUT2D eigenvalue weighted by atomic mass is 35.5. The number of nitrogens with zero attached hydrogens (tertiary/aromatic N) is 3. The predicted octanol–water partition coefficient (Wildman–Crippen LogP) is 3.24. The van der Waals surface area contributed by atoms with Gasteiger partial charge >= 0.3 is 0 Å². The molecule has 0 fully saturated rings. The van der Waals surface area contributed by atoms with E-state index in [1.165, 1.54) is 6.33 Å². The van der Waals surface area contributed by atoms with Gasteiger partial charge in [-0.25, -0.2) is 9.67 Å². The molecule has 0 saturated heterocycles. The first kappa shape index (κ1) is 13.5. The fourth-order valence-corrected chi connectivity index (χ4v) is 2.33. The van der Waals surface area contributed by atoms with Crippen molar-refractivity contribution < 1.29 is 5.11 Å². The molecule has 0 radical (unpaired) electrons. The van der Waals surface area contributed by atoms with Crippen LogP contribution in [0.3, 0.4) is 0 Å². The van der Waals surface area contributed by atoms with Gasteiger partial charge in [-0.2, -0.15) is 5.10 Å². The van der Waals surface area contributed by atoms with Crippen LogP contribution < -0.4 is 5.32 Å². The largest absolute Gasteiger partial charge is 0.508 e. The quantitative estimate of drug-likeness (QED) is 0.776. The molecule has 3 rings (SSSR count). The lowest BCUT2D eigenvalue weighted by atomic mass is 10.2. The Morgan fingerprint density at radius 3 is 2.76 bits per heavy atom. The standard InChI is InChI=1S/C15H13ClN4O/c16-12-5-3-6-13(15(12)20-10-17-9-19-20)18-8-11-4-1-2-7-14(11)21/h1-7,9-10,18,21H,8H2. The Hall–Kier alpha value is -2.53. The number of rotatable bonds is 4. The topological polar surface area (TPSA) is 63.0 Å². The predicted molar refractivity (Wildman–Crippen MR) is 81.8 cm³/mol. The highest BCUT2D eigenvalue weighted by Crippen LogP contribution is 2.28. The summed E-state index contributed by atoms with van der Waals surface area (Å²) < 4.78 is 1.61. The van der Waals surface area contributed by atoms with Gasteiger partial charge in [0.15, 0.2) is 0 Å². The molecule has 0 unspecified atom stereocenters. The molecule has 106 valence electrons. The Bertz CT molecular complexity index is 743. The molecule has 1 aromatic heterocycles. The first-order valence-electron chi connectivity index (χ1n) is 6.40. The minimum absolute atomic E-state index is 0.259. The number of halogens is 1. The Morgan fingerprint density at radius 1 is 1.14 bits per heavy atom. The zero-order valence-electron chi connectivity index (χ0n) is 11.1. The zero-order valence-corrected chi connectivity index (χ0v) is 11.8. The van der Waals surface area contributed by atoms with Gasteiger partial charge in [0.25, 0.3) is 0 Å². The van der Waals surface area contributed by atoms with Crippen LogP contribution in [0, 0.1) is 0 Å². The van der Waals surface area contributed by atoms with E-state index in [2.05, 4.69) is 15.4 Å². The Labute approximate surface area is 126 Å². The van der Waals surface area contributed by atoms with E-state index in [0.29, 0.717) is 11.6 Å². The van der Waals surface area contributed by atoms with Gasteiger partial charge in [-0.05, 0) is 18.2 Å². The van der Waals surface area contributed by atoms with Gasteiger partial charge in [-0.3, -0.25) is 0 Å². The molecule has 0 atom stereocenters. The fraction of sp³-hybridized carbons (Fsp3) is 0.0667. The number of nitrogens with one attached hydrogen (secondary N) is 1. The van der Waals surface area contributed by atoms with Crippen LogP contribution in [0.15, 0.2) is 55.1 Å². The van der Waals surface area contributed by atoms with Crippen LogP contribution in [-0.2, 0) is 6.54 Å². The highest BCUT2D eigenvalue weighted by Gasteiger charge is 2.10. The molecule has 5 nitrogen and oxygen atoms in total. The van der Waals surface area contributed by atoms with Crippen LogP contribution in [0.4, 0.5) is 5.69 Å². The van der Waals surface area contributed by atoms with E-state index in [9.17, 15) is 5.11 Å². The number of hydrogen-bond donors (Lipinski definition) is 2. The molecule has 0 aliphatic carbocycles. The summed E-state index contributed by atoms with van der Waals surface area (Å²) in [5.74, 6) is 0.259. The molecule has 0 saturated carbocycles. The van der Waals surface area contributed by atoms with Crippen molar-refractivity contribution in [3.8, 4) is 11.4 Å². The molecular weight excluding hydrogens is 288 g/mol. The van der Waals surface area contributed by atoms with E-state index in [0.717, 1.165) is 16.9 Å². The van der Waals surface area contributed by atoms with Gasteiger partial charge in [-0.15, -0.1) is 0 Å². The van der Waals surface area contributed by atoms with Crippen molar-refractivity contribution in [2.24, 2.45) is 0 Å². The number of phenolic OH excluding ortho intramolecular Hbond substituents is 1. The second kappa shape index (κ2) is 5.85. The molecule has 0 aliphatic heterocycles. The summed E-state index contributed by atoms with van der Waals surface area (Å²) in [5.41, 5.74) is 2.35. The number of benzene rings is 2. The summed E-state index contributed by atoms with van der Waals surface area (Å²) in [6, 6.07) is 12.8. The maximum absolute atomic E-state index is 9.80. The lowest BCUT2D eigenvalue weighted by Crippen LogP contribution is -2.05. The maximum atomic E-state index is 9.80. The molecule has 0 bridgehead atoms. The van der Waals surface area contributed by atoms with E-state index in [1.807, 2.05) is 24.3 Å². The van der Waals surface area contributed by atoms with Gasteiger partial charge in [0.05, 0.1) is 10.7 Å². The molecule has 1 heterocycles. The minimum Gasteiger partial charge on any atom is -0.508 e. The van der Waals surface area contributed by atoms with Crippen LogP contribution >= 0.6 is 11.6 Å². The van der Waals surface area contributed by atoms with Crippen LogP contribution in [0.5, 0.6) is 5.75 Å². The van der Waals surface area contributed by atoms with E-state index < -0.39 is 0 Å². The lowest BCUT2D eigenvalue weighted by molar-refractivity contribution is 0.469. The maximum Gasteiger partial charge on any atom is 0.138 e. The van der Waals surface area contributed by atoms with E-state index >= 15 is 0 Å². The summed E-state index contributed by atoms with van der Waals surface area (Å²) in [5, 5.41) is 17.8. The number of para-hydroxylation sites is 2. The van der Waals surface area contributed by atoms with E-state index in [-0.39, 0.29) is 5.75 Å². The summed E-state index contributed by atoms with van der Waals surface area (Å²) in [6.45, 7) is 0.481. The Morgan fingerprint density at radius 2 is 2.00 bits per heavy atom. The SMILES string of the molecule is Oc1ccccc1CNc1cccc(Cl)c1-n1cncn1. The van der Waals surface area contributed by atoms with Crippen molar-refractivity contribution in [2.75, 3.05) is 5.32 Å². The first-order chi connectivity index (χ1) is 10.3. The molecule has 21 heavy (non-hydrogen) atoms. The average Bonchev–Trinajstić information content (AvgIpc) is 3.00. The third-order valence-electron chi connectivity index (χ3n) is 3.10. The van der Waals surface area contributed by atoms with Crippen molar-refractivity contribution in [1.82, 2.24) is 14.8 Å². The molecule has 0 aliphatic rings. The monoisotopic (exact) mass is 300 g/mol. The fourth-order valence-electron chi connectivity index (χ4n) is 2.07. The van der Waals surface area contributed by atoms with Gasteiger partial charge in [0, 0.05) is 12.1 Å². The molecular formula is C15H13ClN4O. The molecule has 2 N–H and O–H groups in total. The second-order valence-electron chi connectivity index (χ2n) is 4.46. The number of hydrogen-bond acceptors (Lipinski definition) is 4. The molecule has 3 aromatic rings. The Kier molecular flexibility index (Phi) is 3.75. The van der Waals surface area contributed by atoms with Crippen molar-refractivity contribution >= 4 is 17.3 Å². The molecule has 0 spiro atoms. The molecule has 2 aromatic carbocycles. The zero-order chi connectivity index (χ0) is 14.7. The normalized spacial score (nSPS) is 10.5. The average molecular weight is 301 g/mol. The lowest BCUT2D eigenvalue weighted by Gasteiger charge is -2.13. The van der Waals surface area contributed by atoms with Crippen LogP contribution in [0.2, 0.25) is 5.02 Å². The number of phenols is 1. The van der Waals surface area contributed by atoms with Crippen molar-refractivity contribution in [1.29, 1.82) is 0 Å². The van der Waals surface area contributed by atoms with Crippen molar-refractivity contribution in [3.63, 3.8) is 0 Å². The van der Waals surface area contributed by atoms with Gasteiger partial charge in [-0.1, -0.05) is 35.9 Å². The van der Waals surface area contributed by atoms with Crippen molar-refractivity contribution in [2.45, 2.75) is 6.54 Å². The summed E-state index contributed by atoms with van der Waals surface area (Å²) >= 11 is 6.26. The Balaban J connectivity index is 1.90. The highest BCUT2D eigenvalue weighted by molar-refractivity contribution is 6.33. The summed E-state index contributed by atoms with van der Waals surface area (Å²) in [7, 11) is 0. The molecule has 6 heteroatoms. The number of anilines is 1. The van der Waals surface area contributed by atoms with E-state index in [1.54, 1.807) is 29.2 Å². The number of aromatic nitrogens is 3.